The lowest BCUT2D eigenvalue weighted by atomic mass is 9.96. The summed E-state index contributed by atoms with van der Waals surface area (Å²) >= 11 is 0. The van der Waals surface area contributed by atoms with Gasteiger partial charge >= 0.3 is 0 Å². The maximum absolute atomic E-state index is 13.3. The van der Waals surface area contributed by atoms with Crippen LogP contribution in [0.2, 0.25) is 0 Å². The smallest absolute Gasteiger partial charge is 0.289 e. The molecule has 2 aliphatic rings. The van der Waals surface area contributed by atoms with Crippen LogP contribution < -0.4 is 9.64 Å². The number of nitrogens with zero attached hydrogens (tertiary/aromatic N) is 5. The van der Waals surface area contributed by atoms with Crippen LogP contribution in [0.5, 0.6) is 5.75 Å². The monoisotopic (exact) mass is 475 g/mol. The number of carbonyl (C=O) groups is 2. The van der Waals surface area contributed by atoms with Gasteiger partial charge in [0.05, 0.1) is 25.0 Å². The Bertz CT molecular complexity index is 1140. The Labute approximate surface area is 204 Å². The number of hydrogen-bond acceptors (Lipinski definition) is 7. The average Bonchev–Trinajstić information content (AvgIpc) is 3.48. The van der Waals surface area contributed by atoms with Crippen molar-refractivity contribution in [1.82, 2.24) is 20.0 Å². The van der Waals surface area contributed by atoms with E-state index in [9.17, 15) is 9.59 Å². The highest BCUT2D eigenvalue weighted by atomic mass is 16.5. The third-order valence-corrected chi connectivity index (χ3v) is 6.74. The molecule has 182 valence electrons. The number of piperazine rings is 1. The first-order valence-electron chi connectivity index (χ1n) is 12.0. The molecule has 0 spiro atoms. The number of hydrogen-bond donors (Lipinski definition) is 0. The molecule has 2 amide bonds. The van der Waals surface area contributed by atoms with Gasteiger partial charge in [-0.1, -0.05) is 0 Å². The van der Waals surface area contributed by atoms with Gasteiger partial charge in [0.2, 0.25) is 5.91 Å². The van der Waals surface area contributed by atoms with E-state index in [1.54, 1.807) is 24.1 Å². The highest BCUT2D eigenvalue weighted by Crippen LogP contribution is 2.26. The molecule has 0 radical (unpaired) electrons. The Morgan fingerprint density at radius 3 is 2.37 bits per heavy atom. The molecule has 4 heterocycles. The lowest BCUT2D eigenvalue weighted by molar-refractivity contribution is -0.137. The van der Waals surface area contributed by atoms with Crippen molar-refractivity contribution in [3.8, 4) is 17.0 Å². The molecule has 5 rings (SSSR count). The van der Waals surface area contributed by atoms with Crippen molar-refractivity contribution in [1.29, 1.82) is 0 Å². The van der Waals surface area contributed by atoms with Crippen molar-refractivity contribution in [2.24, 2.45) is 5.92 Å². The molecule has 0 bridgehead atoms. The van der Waals surface area contributed by atoms with Crippen LogP contribution in [0.25, 0.3) is 11.3 Å². The molecule has 2 fully saturated rings. The number of benzene rings is 1. The number of methoxy groups -OCH3 is 1. The largest absolute Gasteiger partial charge is 0.497 e. The summed E-state index contributed by atoms with van der Waals surface area (Å²) in [6, 6.07) is 15.0. The van der Waals surface area contributed by atoms with Crippen LogP contribution in [0.3, 0.4) is 0 Å². The number of aromatic nitrogens is 2. The van der Waals surface area contributed by atoms with Gasteiger partial charge in [-0.15, -0.1) is 10.2 Å². The Balaban J connectivity index is 1.17. The van der Waals surface area contributed by atoms with Crippen LogP contribution in [0.1, 0.15) is 23.4 Å². The van der Waals surface area contributed by atoms with Crippen molar-refractivity contribution in [2.75, 3.05) is 51.3 Å². The van der Waals surface area contributed by atoms with E-state index in [1.807, 2.05) is 41.3 Å². The zero-order valence-corrected chi connectivity index (χ0v) is 19.8. The van der Waals surface area contributed by atoms with Gasteiger partial charge in [-0.25, -0.2) is 0 Å². The highest BCUT2D eigenvalue weighted by molar-refractivity contribution is 5.91. The maximum Gasteiger partial charge on any atom is 0.289 e. The van der Waals surface area contributed by atoms with Crippen LogP contribution in [0.15, 0.2) is 59.2 Å². The van der Waals surface area contributed by atoms with Crippen molar-refractivity contribution < 1.29 is 18.7 Å². The summed E-state index contributed by atoms with van der Waals surface area (Å²) in [5.74, 6) is 1.87. The molecule has 1 aromatic carbocycles. The van der Waals surface area contributed by atoms with Gasteiger partial charge in [-0.2, -0.15) is 0 Å². The van der Waals surface area contributed by atoms with Crippen molar-refractivity contribution in [3.05, 3.63) is 60.6 Å². The fraction of sp³-hybridized carbons (Fsp3) is 0.385. The normalized spacial score (nSPS) is 18.4. The second-order valence-electron chi connectivity index (χ2n) is 8.89. The second kappa shape index (κ2) is 10.2. The van der Waals surface area contributed by atoms with Crippen LogP contribution >= 0.6 is 0 Å². The lowest BCUT2D eigenvalue weighted by Gasteiger charge is -2.39. The summed E-state index contributed by atoms with van der Waals surface area (Å²) < 4.78 is 10.4. The fourth-order valence-electron chi connectivity index (χ4n) is 4.74. The summed E-state index contributed by atoms with van der Waals surface area (Å²) in [7, 11) is 1.64. The minimum Gasteiger partial charge on any atom is -0.497 e. The fourth-order valence-corrected chi connectivity index (χ4v) is 4.74. The minimum atomic E-state index is -0.123. The summed E-state index contributed by atoms with van der Waals surface area (Å²) in [6.07, 6.45) is 3.28. The van der Waals surface area contributed by atoms with E-state index in [1.165, 1.54) is 6.26 Å². The number of furan rings is 1. The molecular formula is C26H29N5O4. The Morgan fingerprint density at radius 2 is 1.71 bits per heavy atom. The molecule has 0 aliphatic carbocycles. The van der Waals surface area contributed by atoms with E-state index in [4.69, 9.17) is 9.15 Å². The summed E-state index contributed by atoms with van der Waals surface area (Å²) in [4.78, 5) is 31.5. The molecule has 2 aromatic heterocycles. The van der Waals surface area contributed by atoms with Gasteiger partial charge in [0.15, 0.2) is 11.6 Å². The Hall–Kier alpha value is -3.88. The zero-order valence-electron chi connectivity index (χ0n) is 19.8. The predicted octanol–water partition coefficient (Wildman–Crippen LogP) is 2.95. The van der Waals surface area contributed by atoms with Crippen LogP contribution in [-0.2, 0) is 4.79 Å². The van der Waals surface area contributed by atoms with Crippen LogP contribution in [0.4, 0.5) is 5.82 Å². The summed E-state index contributed by atoms with van der Waals surface area (Å²) in [6.45, 7) is 3.59. The van der Waals surface area contributed by atoms with Crippen LogP contribution in [0, 0.1) is 5.92 Å². The minimum absolute atomic E-state index is 0.0841. The number of piperidine rings is 1. The van der Waals surface area contributed by atoms with Gasteiger partial charge in [-0.05, 0) is 61.4 Å². The summed E-state index contributed by atoms with van der Waals surface area (Å²) in [5, 5.41) is 8.86. The molecule has 1 atom stereocenters. The molecule has 2 saturated heterocycles. The van der Waals surface area contributed by atoms with Gasteiger partial charge in [-0.3, -0.25) is 9.59 Å². The van der Waals surface area contributed by atoms with Crippen molar-refractivity contribution in [2.45, 2.75) is 12.8 Å². The van der Waals surface area contributed by atoms with E-state index in [0.717, 1.165) is 42.2 Å². The lowest BCUT2D eigenvalue weighted by Crippen LogP contribution is -2.53. The van der Waals surface area contributed by atoms with Gasteiger partial charge in [0, 0.05) is 44.8 Å². The third-order valence-electron chi connectivity index (χ3n) is 6.74. The molecule has 2 aliphatic heterocycles. The quantitative estimate of drug-likeness (QED) is 0.560. The third kappa shape index (κ3) is 4.99. The summed E-state index contributed by atoms with van der Waals surface area (Å²) in [5.41, 5.74) is 1.77. The first-order chi connectivity index (χ1) is 17.1. The Morgan fingerprint density at radius 1 is 0.943 bits per heavy atom. The van der Waals surface area contributed by atoms with E-state index < -0.39 is 0 Å². The van der Waals surface area contributed by atoms with E-state index in [2.05, 4.69) is 15.1 Å². The molecule has 9 heteroatoms. The zero-order chi connectivity index (χ0) is 24.2. The molecule has 35 heavy (non-hydrogen) atoms. The number of carbonyl (C=O) groups excluding carboxylic acids is 2. The van der Waals surface area contributed by atoms with Crippen LogP contribution in [-0.4, -0.2) is 78.2 Å². The van der Waals surface area contributed by atoms with Gasteiger partial charge in [0.25, 0.3) is 5.91 Å². The SMILES string of the molecule is COc1ccc(-c2ccc(N3CCC[C@H](C(=O)N4CCN(C(=O)c5ccco5)CC4)C3)nn2)cc1. The number of anilines is 1. The second-order valence-corrected chi connectivity index (χ2v) is 8.89. The molecule has 9 nitrogen and oxygen atoms in total. The molecule has 0 saturated carbocycles. The standard InChI is InChI=1S/C26H29N5O4/c1-34-21-8-6-19(7-9-21)22-10-11-24(28-27-22)31-12-2-4-20(18-31)25(32)29-13-15-30(16-14-29)26(33)23-5-3-17-35-23/h3,5-11,17,20H,2,4,12-16,18H2,1H3/t20-/m0/s1. The Kier molecular flexibility index (Phi) is 6.65. The van der Waals surface area contributed by atoms with E-state index in [0.29, 0.717) is 38.5 Å². The van der Waals surface area contributed by atoms with Gasteiger partial charge < -0.3 is 23.9 Å². The molecule has 0 unspecified atom stereocenters. The van der Waals surface area contributed by atoms with Gasteiger partial charge in [0.1, 0.15) is 5.75 Å². The first-order valence-corrected chi connectivity index (χ1v) is 12.0. The first kappa shape index (κ1) is 22.9. The average molecular weight is 476 g/mol. The van der Waals surface area contributed by atoms with E-state index >= 15 is 0 Å². The highest BCUT2D eigenvalue weighted by Gasteiger charge is 2.33. The molecule has 0 N–H and O–H groups in total. The molecular weight excluding hydrogens is 446 g/mol. The van der Waals surface area contributed by atoms with Crippen molar-refractivity contribution >= 4 is 17.6 Å². The maximum atomic E-state index is 13.3. The van der Waals surface area contributed by atoms with E-state index in [-0.39, 0.29) is 17.7 Å². The van der Waals surface area contributed by atoms with Crippen molar-refractivity contribution in [3.63, 3.8) is 0 Å². The molecule has 3 aromatic rings. The predicted molar refractivity (Wildman–Crippen MR) is 130 cm³/mol. The number of ether oxygens (including phenoxy) is 1. The number of amides is 2. The topological polar surface area (TPSA) is 92.0 Å². The number of rotatable bonds is 5.